The van der Waals surface area contributed by atoms with Crippen LogP contribution < -0.4 is 5.32 Å². The summed E-state index contributed by atoms with van der Waals surface area (Å²) in [4.78, 5) is 24.5. The van der Waals surface area contributed by atoms with E-state index in [0.29, 0.717) is 5.56 Å². The van der Waals surface area contributed by atoms with Crippen LogP contribution in [0.5, 0.6) is 0 Å². The first-order chi connectivity index (χ1) is 10.1. The molecule has 0 aliphatic carbocycles. The Bertz CT molecular complexity index is 512. The number of carbonyl (C=O) groups excluding carboxylic acids is 2. The summed E-state index contributed by atoms with van der Waals surface area (Å²) in [7, 11) is 0. The molecular weight excluding hydrogens is 278 g/mol. The number of benzene rings is 1. The van der Waals surface area contributed by atoms with Gasteiger partial charge in [0.05, 0.1) is 0 Å². The SMILES string of the molecule is CCc1ccc(C(=O)NC(C(=O)OC(C)(C)C)C(C)C)cc1. The molecule has 0 aliphatic heterocycles. The van der Waals surface area contributed by atoms with Gasteiger partial charge in [0, 0.05) is 5.56 Å². The number of esters is 1. The van der Waals surface area contributed by atoms with Crippen LogP contribution in [0.15, 0.2) is 24.3 Å². The number of nitrogens with one attached hydrogen (secondary N) is 1. The van der Waals surface area contributed by atoms with Gasteiger partial charge >= 0.3 is 5.97 Å². The van der Waals surface area contributed by atoms with Crippen molar-refractivity contribution in [2.75, 3.05) is 0 Å². The zero-order valence-corrected chi connectivity index (χ0v) is 14.4. The Labute approximate surface area is 133 Å². The van der Waals surface area contributed by atoms with Gasteiger partial charge in [0.25, 0.3) is 5.91 Å². The van der Waals surface area contributed by atoms with Crippen LogP contribution in [0.3, 0.4) is 0 Å². The minimum absolute atomic E-state index is 0.0475. The van der Waals surface area contributed by atoms with Crippen LogP contribution in [0.4, 0.5) is 0 Å². The van der Waals surface area contributed by atoms with Crippen molar-refractivity contribution in [3.05, 3.63) is 35.4 Å². The summed E-state index contributed by atoms with van der Waals surface area (Å²) >= 11 is 0. The summed E-state index contributed by atoms with van der Waals surface area (Å²) < 4.78 is 5.38. The molecule has 0 heterocycles. The summed E-state index contributed by atoms with van der Waals surface area (Å²) in [5, 5.41) is 2.78. The number of ether oxygens (including phenoxy) is 1. The highest BCUT2D eigenvalue weighted by Gasteiger charge is 2.29. The topological polar surface area (TPSA) is 55.4 Å². The van der Waals surface area contributed by atoms with Crippen LogP contribution in [-0.4, -0.2) is 23.5 Å². The highest BCUT2D eigenvalue weighted by Crippen LogP contribution is 2.13. The molecule has 22 heavy (non-hydrogen) atoms. The van der Waals surface area contributed by atoms with Gasteiger partial charge in [0.15, 0.2) is 0 Å². The molecule has 0 bridgehead atoms. The minimum Gasteiger partial charge on any atom is -0.458 e. The Balaban J connectivity index is 2.81. The number of hydrogen-bond donors (Lipinski definition) is 1. The molecule has 122 valence electrons. The van der Waals surface area contributed by atoms with E-state index in [2.05, 4.69) is 12.2 Å². The van der Waals surface area contributed by atoms with Crippen LogP contribution in [-0.2, 0) is 16.0 Å². The molecule has 0 aliphatic rings. The van der Waals surface area contributed by atoms with Gasteiger partial charge in [-0.05, 0) is 50.8 Å². The second-order valence-electron chi connectivity index (χ2n) is 6.78. The fourth-order valence-corrected chi connectivity index (χ4v) is 1.98. The van der Waals surface area contributed by atoms with Crippen LogP contribution in [0.2, 0.25) is 0 Å². The molecule has 0 saturated carbocycles. The smallest absolute Gasteiger partial charge is 0.329 e. The minimum atomic E-state index is -0.655. The first-order valence-corrected chi connectivity index (χ1v) is 7.76. The second-order valence-corrected chi connectivity index (χ2v) is 6.78. The molecule has 1 aromatic carbocycles. The number of amides is 1. The van der Waals surface area contributed by atoms with E-state index >= 15 is 0 Å². The lowest BCUT2D eigenvalue weighted by atomic mass is 10.0. The molecule has 0 fully saturated rings. The van der Waals surface area contributed by atoms with E-state index in [4.69, 9.17) is 4.74 Å². The van der Waals surface area contributed by atoms with Crippen LogP contribution >= 0.6 is 0 Å². The maximum atomic E-state index is 12.3. The molecule has 1 aromatic rings. The van der Waals surface area contributed by atoms with Gasteiger partial charge in [-0.1, -0.05) is 32.9 Å². The highest BCUT2D eigenvalue weighted by atomic mass is 16.6. The normalized spacial score (nSPS) is 12.9. The van der Waals surface area contributed by atoms with E-state index < -0.39 is 17.6 Å². The lowest BCUT2D eigenvalue weighted by Crippen LogP contribution is -2.47. The number of rotatable bonds is 5. The Kier molecular flexibility index (Phi) is 6.15. The van der Waals surface area contributed by atoms with Gasteiger partial charge in [-0.25, -0.2) is 4.79 Å². The molecule has 1 amide bonds. The van der Waals surface area contributed by atoms with Gasteiger partial charge in [0.1, 0.15) is 11.6 Å². The van der Waals surface area contributed by atoms with Crippen LogP contribution in [0.25, 0.3) is 0 Å². The summed E-state index contributed by atoms with van der Waals surface area (Å²) in [5.74, 6) is -0.707. The average molecular weight is 305 g/mol. The molecule has 1 rings (SSSR count). The van der Waals surface area contributed by atoms with Crippen LogP contribution in [0.1, 0.15) is 57.5 Å². The molecule has 0 spiro atoms. The van der Waals surface area contributed by atoms with Crippen molar-refractivity contribution >= 4 is 11.9 Å². The van der Waals surface area contributed by atoms with Crippen molar-refractivity contribution in [1.29, 1.82) is 0 Å². The first-order valence-electron chi connectivity index (χ1n) is 7.76. The third-order valence-corrected chi connectivity index (χ3v) is 3.24. The molecule has 4 nitrogen and oxygen atoms in total. The average Bonchev–Trinajstić information content (AvgIpc) is 2.42. The fourth-order valence-electron chi connectivity index (χ4n) is 1.98. The summed E-state index contributed by atoms with van der Waals surface area (Å²) in [6.45, 7) is 11.3. The first kappa shape index (κ1) is 18.2. The molecule has 0 saturated heterocycles. The standard InChI is InChI=1S/C18H27NO3/c1-7-13-8-10-14(11-9-13)16(20)19-15(12(2)3)17(21)22-18(4,5)6/h8-12,15H,7H2,1-6H3,(H,19,20). The number of hydrogen-bond acceptors (Lipinski definition) is 3. The van der Waals surface area contributed by atoms with Crippen molar-refractivity contribution in [2.45, 2.75) is 59.6 Å². The van der Waals surface area contributed by atoms with E-state index in [1.807, 2.05) is 46.8 Å². The lowest BCUT2D eigenvalue weighted by Gasteiger charge is -2.26. The van der Waals surface area contributed by atoms with Gasteiger partial charge in [0.2, 0.25) is 0 Å². The maximum Gasteiger partial charge on any atom is 0.329 e. The Morgan fingerprint density at radius 3 is 2.09 bits per heavy atom. The Morgan fingerprint density at radius 1 is 1.14 bits per heavy atom. The zero-order valence-electron chi connectivity index (χ0n) is 14.4. The third kappa shape index (κ3) is 5.51. The van der Waals surface area contributed by atoms with E-state index in [1.54, 1.807) is 12.1 Å². The van der Waals surface area contributed by atoms with E-state index in [0.717, 1.165) is 6.42 Å². The van der Waals surface area contributed by atoms with Crippen molar-refractivity contribution < 1.29 is 14.3 Å². The van der Waals surface area contributed by atoms with E-state index in [-0.39, 0.29) is 11.8 Å². The second kappa shape index (κ2) is 7.43. The molecule has 4 heteroatoms. The van der Waals surface area contributed by atoms with Gasteiger partial charge < -0.3 is 10.1 Å². The van der Waals surface area contributed by atoms with E-state index in [9.17, 15) is 9.59 Å². The predicted octanol–water partition coefficient (Wildman–Crippen LogP) is 3.35. The van der Waals surface area contributed by atoms with Gasteiger partial charge in [-0.15, -0.1) is 0 Å². The van der Waals surface area contributed by atoms with Gasteiger partial charge in [-0.3, -0.25) is 4.79 Å². The van der Waals surface area contributed by atoms with Gasteiger partial charge in [-0.2, -0.15) is 0 Å². The van der Waals surface area contributed by atoms with Crippen molar-refractivity contribution in [1.82, 2.24) is 5.32 Å². The highest BCUT2D eigenvalue weighted by molar-refractivity contribution is 5.96. The monoisotopic (exact) mass is 305 g/mol. The summed E-state index contributed by atoms with van der Waals surface area (Å²) in [6.07, 6.45) is 0.925. The van der Waals surface area contributed by atoms with Crippen molar-refractivity contribution in [3.8, 4) is 0 Å². The largest absolute Gasteiger partial charge is 0.458 e. The van der Waals surface area contributed by atoms with Crippen LogP contribution in [0, 0.1) is 5.92 Å². The third-order valence-electron chi connectivity index (χ3n) is 3.24. The predicted molar refractivity (Wildman–Crippen MR) is 87.8 cm³/mol. The molecule has 1 unspecified atom stereocenters. The van der Waals surface area contributed by atoms with Crippen molar-refractivity contribution in [2.24, 2.45) is 5.92 Å². The Morgan fingerprint density at radius 2 is 1.68 bits per heavy atom. The quantitative estimate of drug-likeness (QED) is 0.849. The summed E-state index contributed by atoms with van der Waals surface area (Å²) in [5.41, 5.74) is 1.15. The number of carbonyl (C=O) groups is 2. The van der Waals surface area contributed by atoms with E-state index in [1.165, 1.54) is 5.56 Å². The number of aryl methyl sites for hydroxylation is 1. The molecule has 1 N–H and O–H groups in total. The Hall–Kier alpha value is -1.84. The summed E-state index contributed by atoms with van der Waals surface area (Å²) in [6, 6.07) is 6.75. The van der Waals surface area contributed by atoms with Crippen molar-refractivity contribution in [3.63, 3.8) is 0 Å². The molecule has 1 atom stereocenters. The maximum absolute atomic E-state index is 12.3. The molecular formula is C18H27NO3. The molecule has 0 radical (unpaired) electrons. The zero-order chi connectivity index (χ0) is 16.9. The fraction of sp³-hybridized carbons (Fsp3) is 0.556. The lowest BCUT2D eigenvalue weighted by molar-refractivity contribution is -0.158. The molecule has 0 aromatic heterocycles.